The fraction of sp³-hybridized carbons (Fsp3) is 0. The molecule has 0 spiro atoms. The van der Waals surface area contributed by atoms with Crippen molar-refractivity contribution in [2.75, 3.05) is 5.43 Å². The molecule has 0 bridgehead atoms. The standard InChI is InChI=1S/C7H9N3O4S/c8-15(13,14)6-3-1-5(2-4-6)9-10-7(11)12/h1-4,9-10H,(H,11,12)(H2,8,13,14). The number of carbonyl (C=O) groups is 1. The molecule has 1 rings (SSSR count). The molecular weight excluding hydrogens is 222 g/mol. The lowest BCUT2D eigenvalue weighted by Gasteiger charge is -2.05. The normalized spacial score (nSPS) is 10.7. The van der Waals surface area contributed by atoms with Gasteiger partial charge < -0.3 is 5.11 Å². The monoisotopic (exact) mass is 231 g/mol. The summed E-state index contributed by atoms with van der Waals surface area (Å²) in [7, 11) is -3.72. The number of nitrogens with one attached hydrogen (secondary N) is 2. The third kappa shape index (κ3) is 3.44. The lowest BCUT2D eigenvalue weighted by Crippen LogP contribution is -2.27. The third-order valence-corrected chi connectivity index (χ3v) is 2.43. The molecule has 7 nitrogen and oxygen atoms in total. The lowest BCUT2D eigenvalue weighted by molar-refractivity contribution is 0.197. The van der Waals surface area contributed by atoms with E-state index >= 15 is 0 Å². The maximum atomic E-state index is 10.9. The first-order valence-corrected chi connectivity index (χ1v) is 5.32. The van der Waals surface area contributed by atoms with Crippen LogP contribution in [0.5, 0.6) is 0 Å². The van der Waals surface area contributed by atoms with Crippen LogP contribution in [0.1, 0.15) is 0 Å². The predicted octanol–water partition coefficient (Wildman–Crippen LogP) is -0.0715. The summed E-state index contributed by atoms with van der Waals surface area (Å²) in [6.07, 6.45) is -1.24. The molecule has 0 fully saturated rings. The molecule has 82 valence electrons. The zero-order valence-electron chi connectivity index (χ0n) is 7.47. The SMILES string of the molecule is NS(=O)(=O)c1ccc(NNC(=O)O)cc1. The van der Waals surface area contributed by atoms with Gasteiger partial charge in [0.25, 0.3) is 0 Å². The summed E-state index contributed by atoms with van der Waals surface area (Å²) in [5, 5.41) is 13.1. The van der Waals surface area contributed by atoms with Gasteiger partial charge in [0.15, 0.2) is 0 Å². The van der Waals surface area contributed by atoms with E-state index in [9.17, 15) is 13.2 Å². The summed E-state index contributed by atoms with van der Waals surface area (Å²) in [4.78, 5) is 10.1. The van der Waals surface area contributed by atoms with Gasteiger partial charge in [0.2, 0.25) is 10.0 Å². The largest absolute Gasteiger partial charge is 0.464 e. The number of rotatable bonds is 3. The first-order valence-electron chi connectivity index (χ1n) is 3.77. The number of carboxylic acid groups (broad SMARTS) is 1. The summed E-state index contributed by atoms with van der Waals surface area (Å²) < 4.78 is 21.7. The first kappa shape index (κ1) is 11.3. The molecule has 1 aromatic rings. The number of amides is 1. The Balaban J connectivity index is 2.77. The van der Waals surface area contributed by atoms with Crippen molar-refractivity contribution >= 4 is 21.8 Å². The van der Waals surface area contributed by atoms with E-state index in [0.717, 1.165) is 0 Å². The second kappa shape index (κ2) is 4.15. The van der Waals surface area contributed by atoms with Crippen LogP contribution in [0.3, 0.4) is 0 Å². The molecule has 0 heterocycles. The van der Waals surface area contributed by atoms with Gasteiger partial charge in [-0.3, -0.25) is 5.43 Å². The van der Waals surface area contributed by atoms with Gasteiger partial charge in [0, 0.05) is 0 Å². The Morgan fingerprint density at radius 3 is 2.20 bits per heavy atom. The van der Waals surface area contributed by atoms with E-state index in [1.807, 2.05) is 5.43 Å². The smallest absolute Gasteiger partial charge is 0.423 e. The molecule has 5 N–H and O–H groups in total. The van der Waals surface area contributed by atoms with E-state index < -0.39 is 16.1 Å². The van der Waals surface area contributed by atoms with Gasteiger partial charge in [0.05, 0.1) is 10.6 Å². The van der Waals surface area contributed by atoms with Gasteiger partial charge in [-0.15, -0.1) is 0 Å². The molecule has 0 radical (unpaired) electrons. The van der Waals surface area contributed by atoms with Crippen molar-refractivity contribution < 1.29 is 18.3 Å². The molecule has 0 saturated carbocycles. The van der Waals surface area contributed by atoms with Crippen LogP contribution in [0.2, 0.25) is 0 Å². The minimum absolute atomic E-state index is 0.0385. The predicted molar refractivity (Wildman–Crippen MR) is 52.6 cm³/mol. The van der Waals surface area contributed by atoms with Gasteiger partial charge in [-0.25, -0.2) is 23.8 Å². The summed E-state index contributed by atoms with van der Waals surface area (Å²) in [6.45, 7) is 0. The zero-order chi connectivity index (χ0) is 11.5. The summed E-state index contributed by atoms with van der Waals surface area (Å²) >= 11 is 0. The summed E-state index contributed by atoms with van der Waals surface area (Å²) in [6, 6.07) is 5.30. The molecule has 1 aromatic carbocycles. The van der Waals surface area contributed by atoms with Crippen molar-refractivity contribution in [1.29, 1.82) is 0 Å². The molecule has 0 atom stereocenters. The Morgan fingerprint density at radius 1 is 1.27 bits per heavy atom. The van der Waals surface area contributed by atoms with E-state index in [2.05, 4.69) is 5.43 Å². The second-order valence-electron chi connectivity index (χ2n) is 2.62. The molecule has 0 aromatic heterocycles. The minimum atomic E-state index is -3.72. The Kier molecular flexibility index (Phi) is 3.12. The number of sulfonamides is 1. The van der Waals surface area contributed by atoms with Gasteiger partial charge in [-0.05, 0) is 24.3 Å². The number of anilines is 1. The zero-order valence-corrected chi connectivity index (χ0v) is 8.28. The maximum Gasteiger partial charge on any atom is 0.423 e. The average molecular weight is 231 g/mol. The number of hydrogen-bond acceptors (Lipinski definition) is 4. The first-order chi connectivity index (χ1) is 6.89. The van der Waals surface area contributed by atoms with Crippen molar-refractivity contribution in [2.24, 2.45) is 5.14 Å². The number of hydrazine groups is 1. The van der Waals surface area contributed by atoms with Crippen LogP contribution < -0.4 is 16.0 Å². The van der Waals surface area contributed by atoms with Crippen LogP contribution in [0.4, 0.5) is 10.5 Å². The second-order valence-corrected chi connectivity index (χ2v) is 4.19. The molecule has 0 aliphatic carbocycles. The Bertz CT molecular complexity index is 454. The highest BCUT2D eigenvalue weighted by Gasteiger charge is 2.06. The van der Waals surface area contributed by atoms with Crippen LogP contribution in [-0.4, -0.2) is 19.6 Å². The minimum Gasteiger partial charge on any atom is -0.464 e. The van der Waals surface area contributed by atoms with Crippen LogP contribution in [0.15, 0.2) is 29.2 Å². The van der Waals surface area contributed by atoms with E-state index in [1.54, 1.807) is 0 Å². The summed E-state index contributed by atoms with van der Waals surface area (Å²) in [5.74, 6) is 0. The van der Waals surface area contributed by atoms with E-state index in [1.165, 1.54) is 24.3 Å². The number of benzene rings is 1. The van der Waals surface area contributed by atoms with Crippen molar-refractivity contribution in [1.82, 2.24) is 5.43 Å². The molecule has 0 aliphatic heterocycles. The maximum absolute atomic E-state index is 10.9. The molecule has 1 amide bonds. The fourth-order valence-corrected chi connectivity index (χ4v) is 1.37. The molecule has 0 saturated heterocycles. The van der Waals surface area contributed by atoms with Crippen LogP contribution in [0, 0.1) is 0 Å². The molecular formula is C7H9N3O4S. The molecule has 0 unspecified atom stereocenters. The number of primary sulfonamides is 1. The lowest BCUT2D eigenvalue weighted by atomic mass is 10.3. The van der Waals surface area contributed by atoms with Crippen LogP contribution in [-0.2, 0) is 10.0 Å². The topological polar surface area (TPSA) is 122 Å². The highest BCUT2D eigenvalue weighted by molar-refractivity contribution is 7.89. The van der Waals surface area contributed by atoms with Gasteiger partial charge in [0.1, 0.15) is 0 Å². The van der Waals surface area contributed by atoms with Crippen LogP contribution in [0.25, 0.3) is 0 Å². The van der Waals surface area contributed by atoms with E-state index in [-0.39, 0.29) is 4.90 Å². The van der Waals surface area contributed by atoms with Gasteiger partial charge in [-0.2, -0.15) is 0 Å². The Morgan fingerprint density at radius 2 is 1.80 bits per heavy atom. The summed E-state index contributed by atoms with van der Waals surface area (Å²) in [5.41, 5.74) is 4.65. The Hall–Kier alpha value is -1.80. The van der Waals surface area contributed by atoms with Gasteiger partial charge in [-0.1, -0.05) is 0 Å². The van der Waals surface area contributed by atoms with Crippen LogP contribution >= 0.6 is 0 Å². The molecule has 8 heteroatoms. The average Bonchev–Trinajstić information content (AvgIpc) is 2.14. The fourth-order valence-electron chi connectivity index (χ4n) is 0.854. The van der Waals surface area contributed by atoms with Crippen molar-refractivity contribution in [3.63, 3.8) is 0 Å². The van der Waals surface area contributed by atoms with E-state index in [4.69, 9.17) is 10.2 Å². The molecule has 0 aliphatic rings. The number of hydrogen-bond donors (Lipinski definition) is 4. The third-order valence-electron chi connectivity index (χ3n) is 1.50. The highest BCUT2D eigenvalue weighted by atomic mass is 32.2. The van der Waals surface area contributed by atoms with Gasteiger partial charge >= 0.3 is 6.09 Å². The molecule has 15 heavy (non-hydrogen) atoms. The van der Waals surface area contributed by atoms with Crippen molar-refractivity contribution in [3.05, 3.63) is 24.3 Å². The van der Waals surface area contributed by atoms with Crippen molar-refractivity contribution in [3.8, 4) is 0 Å². The van der Waals surface area contributed by atoms with Crippen molar-refractivity contribution in [2.45, 2.75) is 4.90 Å². The van der Waals surface area contributed by atoms with E-state index in [0.29, 0.717) is 5.69 Å². The quantitative estimate of drug-likeness (QED) is 0.542. The Labute approximate surface area is 85.9 Å². The highest BCUT2D eigenvalue weighted by Crippen LogP contribution is 2.11. The number of nitrogens with two attached hydrogens (primary N) is 1.